The molecule has 0 bridgehead atoms. The molecule has 5 heteroatoms. The second-order valence-corrected chi connectivity index (χ2v) is 4.76. The summed E-state index contributed by atoms with van der Waals surface area (Å²) < 4.78 is 0. The van der Waals surface area contributed by atoms with E-state index >= 15 is 0 Å². The molecule has 0 spiro atoms. The zero-order valence-electron chi connectivity index (χ0n) is 10.8. The minimum Gasteiger partial charge on any atom is -0.308 e. The second kappa shape index (κ2) is 5.32. The van der Waals surface area contributed by atoms with Crippen LogP contribution in [-0.2, 0) is 12.8 Å². The first-order valence-corrected chi connectivity index (χ1v) is 6.65. The molecule has 0 unspecified atom stereocenters. The zero-order valence-corrected chi connectivity index (χ0v) is 10.8. The van der Waals surface area contributed by atoms with Gasteiger partial charge >= 0.3 is 0 Å². The van der Waals surface area contributed by atoms with Crippen molar-refractivity contribution in [2.24, 2.45) is 5.84 Å². The highest BCUT2D eigenvalue weighted by atomic mass is 15.3. The third kappa shape index (κ3) is 2.42. The summed E-state index contributed by atoms with van der Waals surface area (Å²) in [6.07, 6.45) is 9.12. The summed E-state index contributed by atoms with van der Waals surface area (Å²) in [5, 5.41) is 0. The molecule has 0 aromatic carbocycles. The standard InChI is InChI=1S/C14H17N5/c15-19-14-11-4-2-1-3-5-12(11)17-13(18-14)10-6-8-16-9-7-10/h6-9H,1-5,15H2,(H,17,18,19). The lowest BCUT2D eigenvalue weighted by Gasteiger charge is -2.12. The molecule has 2 heterocycles. The van der Waals surface area contributed by atoms with Crippen molar-refractivity contribution in [1.29, 1.82) is 0 Å². The van der Waals surface area contributed by atoms with Gasteiger partial charge in [0.25, 0.3) is 0 Å². The highest BCUT2D eigenvalue weighted by Crippen LogP contribution is 2.27. The van der Waals surface area contributed by atoms with E-state index in [2.05, 4.69) is 15.4 Å². The Bertz CT molecular complexity index is 568. The normalized spacial score (nSPS) is 14.6. The summed E-state index contributed by atoms with van der Waals surface area (Å²) in [6.45, 7) is 0. The first kappa shape index (κ1) is 12.0. The first-order chi connectivity index (χ1) is 9.38. The zero-order chi connectivity index (χ0) is 13.1. The number of rotatable bonds is 2. The van der Waals surface area contributed by atoms with Gasteiger partial charge in [-0.3, -0.25) is 4.98 Å². The molecule has 0 saturated heterocycles. The smallest absolute Gasteiger partial charge is 0.161 e. The molecule has 0 fully saturated rings. The number of fused-ring (bicyclic) bond motifs is 1. The van der Waals surface area contributed by atoms with Crippen LogP contribution in [0.5, 0.6) is 0 Å². The molecule has 0 amide bonds. The number of hydrazine groups is 1. The summed E-state index contributed by atoms with van der Waals surface area (Å²) in [4.78, 5) is 13.3. The molecule has 0 aliphatic heterocycles. The van der Waals surface area contributed by atoms with Crippen molar-refractivity contribution >= 4 is 5.82 Å². The van der Waals surface area contributed by atoms with Gasteiger partial charge in [0.15, 0.2) is 5.82 Å². The molecular formula is C14H17N5. The van der Waals surface area contributed by atoms with Crippen molar-refractivity contribution < 1.29 is 0 Å². The van der Waals surface area contributed by atoms with Crippen LogP contribution < -0.4 is 11.3 Å². The van der Waals surface area contributed by atoms with Crippen LogP contribution in [0.2, 0.25) is 0 Å². The minimum atomic E-state index is 0.719. The van der Waals surface area contributed by atoms with E-state index < -0.39 is 0 Å². The van der Waals surface area contributed by atoms with Crippen LogP contribution >= 0.6 is 0 Å². The van der Waals surface area contributed by atoms with Crippen molar-refractivity contribution in [3.63, 3.8) is 0 Å². The highest BCUT2D eigenvalue weighted by Gasteiger charge is 2.16. The molecule has 0 radical (unpaired) electrons. The fourth-order valence-corrected chi connectivity index (χ4v) is 2.52. The van der Waals surface area contributed by atoms with Gasteiger partial charge in [-0.1, -0.05) is 6.42 Å². The largest absolute Gasteiger partial charge is 0.308 e. The van der Waals surface area contributed by atoms with Crippen LogP contribution in [0, 0.1) is 0 Å². The molecule has 98 valence electrons. The number of hydrogen-bond acceptors (Lipinski definition) is 5. The van der Waals surface area contributed by atoms with Crippen LogP contribution in [-0.4, -0.2) is 15.0 Å². The van der Waals surface area contributed by atoms with E-state index in [1.807, 2.05) is 12.1 Å². The number of hydrogen-bond donors (Lipinski definition) is 2. The van der Waals surface area contributed by atoms with Crippen LogP contribution in [0.3, 0.4) is 0 Å². The average Bonchev–Trinajstić information content (AvgIpc) is 2.72. The summed E-state index contributed by atoms with van der Waals surface area (Å²) in [5.74, 6) is 7.10. The van der Waals surface area contributed by atoms with Crippen molar-refractivity contribution in [2.45, 2.75) is 32.1 Å². The highest BCUT2D eigenvalue weighted by molar-refractivity contribution is 5.59. The van der Waals surface area contributed by atoms with Crippen molar-refractivity contribution in [2.75, 3.05) is 5.43 Å². The topological polar surface area (TPSA) is 76.7 Å². The molecule has 1 aliphatic rings. The van der Waals surface area contributed by atoms with Gasteiger partial charge in [0.05, 0.1) is 0 Å². The molecule has 3 rings (SSSR count). The van der Waals surface area contributed by atoms with Crippen LogP contribution in [0.25, 0.3) is 11.4 Å². The van der Waals surface area contributed by atoms with E-state index in [0.29, 0.717) is 0 Å². The van der Waals surface area contributed by atoms with Gasteiger partial charge in [-0.15, -0.1) is 0 Å². The molecule has 19 heavy (non-hydrogen) atoms. The Kier molecular flexibility index (Phi) is 3.37. The minimum absolute atomic E-state index is 0.719. The molecule has 0 saturated carbocycles. The Balaban J connectivity index is 2.10. The van der Waals surface area contributed by atoms with Crippen molar-refractivity contribution in [1.82, 2.24) is 15.0 Å². The van der Waals surface area contributed by atoms with Gasteiger partial charge in [0, 0.05) is 29.2 Å². The molecule has 5 nitrogen and oxygen atoms in total. The van der Waals surface area contributed by atoms with E-state index in [4.69, 9.17) is 10.8 Å². The Morgan fingerprint density at radius 3 is 2.58 bits per heavy atom. The van der Waals surface area contributed by atoms with E-state index in [-0.39, 0.29) is 0 Å². The number of pyridine rings is 1. The van der Waals surface area contributed by atoms with Gasteiger partial charge in [-0.25, -0.2) is 15.8 Å². The van der Waals surface area contributed by atoms with E-state index in [0.717, 1.165) is 35.7 Å². The molecule has 3 N–H and O–H groups in total. The number of anilines is 1. The monoisotopic (exact) mass is 255 g/mol. The summed E-state index contributed by atoms with van der Waals surface area (Å²) in [7, 11) is 0. The first-order valence-electron chi connectivity index (χ1n) is 6.65. The molecule has 2 aromatic heterocycles. The lowest BCUT2D eigenvalue weighted by atomic mass is 10.1. The molecule has 0 atom stereocenters. The quantitative estimate of drug-likeness (QED) is 0.488. The van der Waals surface area contributed by atoms with Crippen LogP contribution in [0.1, 0.15) is 30.5 Å². The van der Waals surface area contributed by atoms with Crippen molar-refractivity contribution in [3.05, 3.63) is 35.8 Å². The Morgan fingerprint density at radius 2 is 1.79 bits per heavy atom. The lowest BCUT2D eigenvalue weighted by molar-refractivity contribution is 0.709. The molecular weight excluding hydrogens is 238 g/mol. The lowest BCUT2D eigenvalue weighted by Crippen LogP contribution is -2.14. The number of aromatic nitrogens is 3. The third-order valence-electron chi connectivity index (χ3n) is 3.51. The maximum atomic E-state index is 5.62. The fourth-order valence-electron chi connectivity index (χ4n) is 2.52. The Morgan fingerprint density at radius 1 is 1.00 bits per heavy atom. The van der Waals surface area contributed by atoms with E-state index in [1.54, 1.807) is 12.4 Å². The van der Waals surface area contributed by atoms with Crippen LogP contribution in [0.15, 0.2) is 24.5 Å². The molecule has 2 aromatic rings. The Labute approximate surface area is 112 Å². The van der Waals surface area contributed by atoms with E-state index in [9.17, 15) is 0 Å². The summed E-state index contributed by atoms with van der Waals surface area (Å²) >= 11 is 0. The molecule has 1 aliphatic carbocycles. The number of nitrogen functional groups attached to an aromatic ring is 1. The summed E-state index contributed by atoms with van der Waals surface area (Å²) in [5.41, 5.74) is 6.01. The maximum absolute atomic E-state index is 5.62. The summed E-state index contributed by atoms with van der Waals surface area (Å²) in [6, 6.07) is 3.83. The predicted octanol–water partition coefficient (Wildman–Crippen LogP) is 2.09. The number of nitrogens with two attached hydrogens (primary N) is 1. The Hall–Kier alpha value is -2.01. The third-order valence-corrected chi connectivity index (χ3v) is 3.51. The van der Waals surface area contributed by atoms with Gasteiger partial charge in [-0.2, -0.15) is 0 Å². The van der Waals surface area contributed by atoms with Crippen LogP contribution in [0.4, 0.5) is 5.82 Å². The predicted molar refractivity (Wildman–Crippen MR) is 74.3 cm³/mol. The second-order valence-electron chi connectivity index (χ2n) is 4.76. The van der Waals surface area contributed by atoms with E-state index in [1.165, 1.54) is 24.8 Å². The van der Waals surface area contributed by atoms with Gasteiger partial charge in [0.1, 0.15) is 5.82 Å². The number of nitrogens with one attached hydrogen (secondary N) is 1. The fraction of sp³-hybridized carbons (Fsp3) is 0.357. The van der Waals surface area contributed by atoms with Gasteiger partial charge < -0.3 is 5.43 Å². The van der Waals surface area contributed by atoms with Gasteiger partial charge in [0.2, 0.25) is 0 Å². The maximum Gasteiger partial charge on any atom is 0.161 e. The number of aryl methyl sites for hydroxylation is 1. The van der Waals surface area contributed by atoms with Gasteiger partial charge in [-0.05, 0) is 37.8 Å². The van der Waals surface area contributed by atoms with Crippen molar-refractivity contribution in [3.8, 4) is 11.4 Å². The average molecular weight is 255 g/mol. The number of nitrogens with zero attached hydrogens (tertiary/aromatic N) is 3. The SMILES string of the molecule is NNc1nc(-c2ccncc2)nc2c1CCCCC2.